The van der Waals surface area contributed by atoms with E-state index in [2.05, 4.69) is 34.9 Å². The molecular weight excluding hydrogens is 226 g/mol. The van der Waals surface area contributed by atoms with Gasteiger partial charge < -0.3 is 14.6 Å². The van der Waals surface area contributed by atoms with Gasteiger partial charge in [-0.2, -0.15) is 0 Å². The van der Waals surface area contributed by atoms with Crippen molar-refractivity contribution in [3.05, 3.63) is 18.2 Å². The van der Waals surface area contributed by atoms with Crippen LogP contribution in [0.5, 0.6) is 0 Å². The standard InChI is InChI=1S/C14H25N3O/c1-4-15-12(14(18-3)11-6-7-11)10-13-16-8-9-17(13)5-2/h8-9,11-12,14-15H,4-7,10H2,1-3H3. The van der Waals surface area contributed by atoms with E-state index in [1.165, 1.54) is 12.8 Å². The van der Waals surface area contributed by atoms with E-state index in [1.807, 2.05) is 13.3 Å². The lowest BCUT2D eigenvalue weighted by Crippen LogP contribution is -2.44. The number of nitrogens with zero attached hydrogens (tertiary/aromatic N) is 2. The number of hydrogen-bond donors (Lipinski definition) is 1. The number of aromatic nitrogens is 2. The van der Waals surface area contributed by atoms with Crippen LogP contribution in [0.3, 0.4) is 0 Å². The number of hydrogen-bond acceptors (Lipinski definition) is 3. The number of rotatable bonds is 8. The molecule has 2 rings (SSSR count). The number of likely N-dealkylation sites (N-methyl/N-ethyl adjacent to an activating group) is 1. The molecule has 1 fully saturated rings. The summed E-state index contributed by atoms with van der Waals surface area (Å²) in [5.74, 6) is 1.90. The van der Waals surface area contributed by atoms with Gasteiger partial charge in [-0.15, -0.1) is 0 Å². The van der Waals surface area contributed by atoms with Gasteiger partial charge >= 0.3 is 0 Å². The van der Waals surface area contributed by atoms with Crippen molar-refractivity contribution in [2.24, 2.45) is 5.92 Å². The Bertz CT molecular complexity index is 360. The summed E-state index contributed by atoms with van der Waals surface area (Å²) in [6, 6.07) is 0.375. The Morgan fingerprint density at radius 1 is 1.50 bits per heavy atom. The molecule has 1 saturated carbocycles. The first kappa shape index (κ1) is 13.6. The van der Waals surface area contributed by atoms with Crippen molar-refractivity contribution in [1.82, 2.24) is 14.9 Å². The molecular formula is C14H25N3O. The Morgan fingerprint density at radius 3 is 2.83 bits per heavy atom. The van der Waals surface area contributed by atoms with E-state index < -0.39 is 0 Å². The van der Waals surface area contributed by atoms with Gasteiger partial charge in [0.2, 0.25) is 0 Å². The average molecular weight is 251 g/mol. The third-order valence-electron chi connectivity index (χ3n) is 3.77. The van der Waals surface area contributed by atoms with E-state index in [1.54, 1.807) is 0 Å². The molecule has 4 nitrogen and oxygen atoms in total. The molecule has 1 heterocycles. The van der Waals surface area contributed by atoms with Crippen LogP contribution in [0.4, 0.5) is 0 Å². The SMILES string of the molecule is CCNC(Cc1nccn1CC)C(OC)C1CC1. The summed E-state index contributed by atoms with van der Waals surface area (Å²) in [4.78, 5) is 4.47. The number of methoxy groups -OCH3 is 1. The first-order valence-electron chi connectivity index (χ1n) is 7.06. The quantitative estimate of drug-likeness (QED) is 0.766. The second-order valence-electron chi connectivity index (χ2n) is 5.04. The van der Waals surface area contributed by atoms with Crippen LogP contribution in [0, 0.1) is 5.92 Å². The van der Waals surface area contributed by atoms with Gasteiger partial charge in [0.25, 0.3) is 0 Å². The molecule has 4 heteroatoms. The normalized spacial score (nSPS) is 18.8. The van der Waals surface area contributed by atoms with Crippen LogP contribution in [0.15, 0.2) is 12.4 Å². The van der Waals surface area contributed by atoms with Crippen molar-refractivity contribution in [3.63, 3.8) is 0 Å². The van der Waals surface area contributed by atoms with Gasteiger partial charge in [0.1, 0.15) is 5.82 Å². The van der Waals surface area contributed by atoms with Crippen molar-refractivity contribution in [3.8, 4) is 0 Å². The molecule has 1 aliphatic rings. The van der Waals surface area contributed by atoms with Gasteiger partial charge in [0.15, 0.2) is 0 Å². The zero-order chi connectivity index (χ0) is 13.0. The fourth-order valence-corrected chi connectivity index (χ4v) is 2.69. The lowest BCUT2D eigenvalue weighted by atomic mass is 10.0. The summed E-state index contributed by atoms with van der Waals surface area (Å²) in [6.07, 6.45) is 7.83. The molecule has 1 N–H and O–H groups in total. The van der Waals surface area contributed by atoms with Crippen molar-refractivity contribution < 1.29 is 4.74 Å². The number of ether oxygens (including phenoxy) is 1. The predicted octanol–water partition coefficient (Wildman–Crippen LogP) is 1.85. The minimum Gasteiger partial charge on any atom is -0.380 e. The highest BCUT2D eigenvalue weighted by Gasteiger charge is 2.36. The smallest absolute Gasteiger partial charge is 0.110 e. The Hall–Kier alpha value is -0.870. The Balaban J connectivity index is 2.05. The van der Waals surface area contributed by atoms with Crippen LogP contribution in [-0.2, 0) is 17.7 Å². The van der Waals surface area contributed by atoms with E-state index in [0.717, 1.165) is 31.3 Å². The zero-order valence-electron chi connectivity index (χ0n) is 11.7. The molecule has 2 atom stereocenters. The van der Waals surface area contributed by atoms with Gasteiger partial charge in [0.05, 0.1) is 6.10 Å². The summed E-state index contributed by atoms with van der Waals surface area (Å²) in [5.41, 5.74) is 0. The average Bonchev–Trinajstić information content (AvgIpc) is 3.10. The molecule has 0 aromatic carbocycles. The zero-order valence-corrected chi connectivity index (χ0v) is 11.7. The van der Waals surface area contributed by atoms with E-state index in [-0.39, 0.29) is 0 Å². The predicted molar refractivity (Wildman–Crippen MR) is 72.6 cm³/mol. The lowest BCUT2D eigenvalue weighted by Gasteiger charge is -2.26. The Morgan fingerprint density at radius 2 is 2.28 bits per heavy atom. The van der Waals surface area contributed by atoms with Crippen LogP contribution in [0.1, 0.15) is 32.5 Å². The monoisotopic (exact) mass is 251 g/mol. The molecule has 2 unspecified atom stereocenters. The maximum atomic E-state index is 5.71. The molecule has 0 spiro atoms. The Kier molecular flexibility index (Phi) is 4.78. The molecule has 0 radical (unpaired) electrons. The third-order valence-corrected chi connectivity index (χ3v) is 3.77. The topological polar surface area (TPSA) is 39.1 Å². The summed E-state index contributed by atoms with van der Waals surface area (Å²) >= 11 is 0. The van der Waals surface area contributed by atoms with Gasteiger partial charge in [-0.1, -0.05) is 6.92 Å². The molecule has 0 saturated heterocycles. The highest BCUT2D eigenvalue weighted by atomic mass is 16.5. The lowest BCUT2D eigenvalue weighted by molar-refractivity contribution is 0.0507. The molecule has 0 amide bonds. The number of aryl methyl sites for hydroxylation is 1. The van der Waals surface area contributed by atoms with Gasteiger partial charge in [-0.25, -0.2) is 4.98 Å². The van der Waals surface area contributed by atoms with Crippen LogP contribution < -0.4 is 5.32 Å². The Labute approximate surface area is 110 Å². The van der Waals surface area contributed by atoms with Gasteiger partial charge in [0, 0.05) is 38.5 Å². The summed E-state index contributed by atoms with van der Waals surface area (Å²) in [6.45, 7) is 6.26. The van der Waals surface area contributed by atoms with Gasteiger partial charge in [-0.3, -0.25) is 0 Å². The maximum Gasteiger partial charge on any atom is 0.110 e. The van der Waals surface area contributed by atoms with E-state index in [0.29, 0.717) is 12.1 Å². The highest BCUT2D eigenvalue weighted by Crippen LogP contribution is 2.36. The highest BCUT2D eigenvalue weighted by molar-refractivity contribution is 5.00. The van der Waals surface area contributed by atoms with Gasteiger partial charge in [-0.05, 0) is 32.2 Å². The molecule has 102 valence electrons. The fourth-order valence-electron chi connectivity index (χ4n) is 2.69. The summed E-state index contributed by atoms with van der Waals surface area (Å²) in [7, 11) is 1.83. The largest absolute Gasteiger partial charge is 0.380 e. The van der Waals surface area contributed by atoms with Crippen LogP contribution in [-0.4, -0.2) is 35.4 Å². The molecule has 18 heavy (non-hydrogen) atoms. The third kappa shape index (κ3) is 3.12. The molecule has 1 aromatic heterocycles. The minimum absolute atomic E-state index is 0.326. The van der Waals surface area contributed by atoms with E-state index >= 15 is 0 Å². The summed E-state index contributed by atoms with van der Waals surface area (Å²) in [5, 5.41) is 3.57. The van der Waals surface area contributed by atoms with E-state index in [9.17, 15) is 0 Å². The minimum atomic E-state index is 0.326. The first-order valence-corrected chi connectivity index (χ1v) is 7.06. The van der Waals surface area contributed by atoms with Crippen LogP contribution in [0.25, 0.3) is 0 Å². The first-order chi connectivity index (χ1) is 8.80. The molecule has 1 aromatic rings. The molecule has 0 bridgehead atoms. The van der Waals surface area contributed by atoms with Crippen molar-refractivity contribution in [2.75, 3.05) is 13.7 Å². The second kappa shape index (κ2) is 6.34. The number of nitrogens with one attached hydrogen (secondary N) is 1. The molecule has 0 aliphatic heterocycles. The van der Waals surface area contributed by atoms with E-state index in [4.69, 9.17) is 4.74 Å². The fraction of sp³-hybridized carbons (Fsp3) is 0.786. The van der Waals surface area contributed by atoms with Crippen LogP contribution >= 0.6 is 0 Å². The van der Waals surface area contributed by atoms with Crippen LogP contribution in [0.2, 0.25) is 0 Å². The summed E-state index contributed by atoms with van der Waals surface area (Å²) < 4.78 is 7.92. The maximum absolute atomic E-state index is 5.71. The van der Waals surface area contributed by atoms with Crippen molar-refractivity contribution >= 4 is 0 Å². The number of imidazole rings is 1. The van der Waals surface area contributed by atoms with Crippen molar-refractivity contribution in [2.45, 2.75) is 51.8 Å². The molecule has 1 aliphatic carbocycles. The van der Waals surface area contributed by atoms with Crippen molar-refractivity contribution in [1.29, 1.82) is 0 Å². The second-order valence-corrected chi connectivity index (χ2v) is 5.04.